The van der Waals surface area contributed by atoms with Crippen molar-refractivity contribution in [1.29, 1.82) is 0 Å². The normalized spacial score (nSPS) is 15.8. The number of aryl methyl sites for hydroxylation is 2. The van der Waals surface area contributed by atoms with E-state index in [2.05, 4.69) is 23.6 Å². The molecule has 2 heterocycles. The Morgan fingerprint density at radius 1 is 1.19 bits per heavy atom. The summed E-state index contributed by atoms with van der Waals surface area (Å²) in [4.78, 5) is 28.8. The molecule has 6 heteroatoms. The van der Waals surface area contributed by atoms with E-state index in [1.54, 1.807) is 0 Å². The number of aromatic carboxylic acids is 1. The first-order valence-electron chi connectivity index (χ1n) is 9.23. The minimum Gasteiger partial charge on any atom is -0.477 e. The summed E-state index contributed by atoms with van der Waals surface area (Å²) in [5, 5.41) is 9.80. The van der Waals surface area contributed by atoms with Crippen molar-refractivity contribution in [1.82, 2.24) is 9.47 Å². The fourth-order valence-electron chi connectivity index (χ4n) is 3.77. The number of carboxylic acid groups (broad SMARTS) is 1. The summed E-state index contributed by atoms with van der Waals surface area (Å²) in [6.45, 7) is 12.9. The highest BCUT2D eigenvalue weighted by atomic mass is 16.4. The molecule has 1 N–H and O–H groups in total. The van der Waals surface area contributed by atoms with Crippen LogP contribution in [-0.4, -0.2) is 52.8 Å². The quantitative estimate of drug-likeness (QED) is 0.911. The number of carbonyl (C=O) groups is 1. The van der Waals surface area contributed by atoms with Gasteiger partial charge in [0, 0.05) is 56.0 Å². The van der Waals surface area contributed by atoms with Gasteiger partial charge in [-0.1, -0.05) is 0 Å². The average Bonchev–Trinajstić information content (AvgIpc) is 2.62. The van der Waals surface area contributed by atoms with Gasteiger partial charge in [0.2, 0.25) is 5.43 Å². The minimum absolute atomic E-state index is 0.169. The van der Waals surface area contributed by atoms with E-state index in [9.17, 15) is 14.7 Å². The van der Waals surface area contributed by atoms with Crippen LogP contribution >= 0.6 is 0 Å². The van der Waals surface area contributed by atoms with Crippen LogP contribution in [0.3, 0.4) is 0 Å². The van der Waals surface area contributed by atoms with Crippen LogP contribution in [0.5, 0.6) is 0 Å². The molecule has 0 spiro atoms. The van der Waals surface area contributed by atoms with Gasteiger partial charge in [-0.2, -0.15) is 0 Å². The van der Waals surface area contributed by atoms with Crippen molar-refractivity contribution in [2.24, 2.45) is 0 Å². The van der Waals surface area contributed by atoms with Gasteiger partial charge in [0.1, 0.15) is 5.56 Å². The average molecular weight is 357 g/mol. The summed E-state index contributed by atoms with van der Waals surface area (Å²) in [7, 11) is 0. The van der Waals surface area contributed by atoms with Crippen LogP contribution in [-0.2, 0) is 6.54 Å². The van der Waals surface area contributed by atoms with E-state index in [0.717, 1.165) is 42.9 Å². The zero-order valence-corrected chi connectivity index (χ0v) is 16.0. The molecule has 1 aromatic heterocycles. The van der Waals surface area contributed by atoms with Crippen molar-refractivity contribution in [3.05, 3.63) is 39.7 Å². The van der Waals surface area contributed by atoms with Crippen molar-refractivity contribution < 1.29 is 9.90 Å². The van der Waals surface area contributed by atoms with Crippen molar-refractivity contribution in [3.63, 3.8) is 0 Å². The molecular weight excluding hydrogens is 330 g/mol. The lowest BCUT2D eigenvalue weighted by atomic mass is 10.0. The van der Waals surface area contributed by atoms with Crippen LogP contribution in [0.2, 0.25) is 0 Å². The van der Waals surface area contributed by atoms with Crippen LogP contribution in [0.4, 0.5) is 5.69 Å². The first-order valence-corrected chi connectivity index (χ1v) is 9.23. The standard InChI is InChI=1S/C20H27N3O3/c1-5-21-12-16(20(25)26)19(24)15-10-14(4)17(11-18(15)21)23-8-6-22(7-9-23)13(2)3/h10-13H,5-9H2,1-4H3,(H,25,26). The van der Waals surface area contributed by atoms with E-state index in [0.29, 0.717) is 18.0 Å². The highest BCUT2D eigenvalue weighted by Gasteiger charge is 2.22. The van der Waals surface area contributed by atoms with Gasteiger partial charge in [0.05, 0.1) is 5.52 Å². The summed E-state index contributed by atoms with van der Waals surface area (Å²) in [6, 6.07) is 4.45. The number of rotatable bonds is 4. The highest BCUT2D eigenvalue weighted by molar-refractivity contribution is 5.94. The van der Waals surface area contributed by atoms with E-state index >= 15 is 0 Å². The number of pyridine rings is 1. The second kappa shape index (κ2) is 7.11. The summed E-state index contributed by atoms with van der Waals surface area (Å²) < 4.78 is 1.85. The van der Waals surface area contributed by atoms with Crippen molar-refractivity contribution >= 4 is 22.6 Å². The van der Waals surface area contributed by atoms with E-state index in [1.165, 1.54) is 6.20 Å². The van der Waals surface area contributed by atoms with Crippen molar-refractivity contribution in [3.8, 4) is 0 Å². The van der Waals surface area contributed by atoms with Gasteiger partial charge in [-0.3, -0.25) is 9.69 Å². The van der Waals surface area contributed by atoms with E-state index < -0.39 is 11.4 Å². The second-order valence-electron chi connectivity index (χ2n) is 7.24. The maximum Gasteiger partial charge on any atom is 0.341 e. The molecule has 1 aliphatic rings. The van der Waals surface area contributed by atoms with Gasteiger partial charge in [-0.25, -0.2) is 4.79 Å². The molecule has 0 radical (unpaired) electrons. The number of aromatic nitrogens is 1. The number of hydrogen-bond acceptors (Lipinski definition) is 4. The molecule has 0 unspecified atom stereocenters. The molecule has 26 heavy (non-hydrogen) atoms. The smallest absolute Gasteiger partial charge is 0.341 e. The Hall–Kier alpha value is -2.34. The number of nitrogens with zero attached hydrogens (tertiary/aromatic N) is 3. The zero-order chi connectivity index (χ0) is 19.0. The fraction of sp³-hybridized carbons (Fsp3) is 0.500. The van der Waals surface area contributed by atoms with E-state index in [1.807, 2.05) is 30.5 Å². The lowest BCUT2D eigenvalue weighted by Crippen LogP contribution is -2.49. The lowest BCUT2D eigenvalue weighted by molar-refractivity contribution is 0.0695. The number of piperazine rings is 1. The third-order valence-corrected chi connectivity index (χ3v) is 5.35. The minimum atomic E-state index is -1.18. The molecule has 0 atom stereocenters. The molecule has 6 nitrogen and oxygen atoms in total. The zero-order valence-electron chi connectivity index (χ0n) is 16.0. The molecule has 1 aromatic carbocycles. The summed E-state index contributed by atoms with van der Waals surface area (Å²) in [5.41, 5.74) is 2.37. The monoisotopic (exact) mass is 357 g/mol. The number of anilines is 1. The molecule has 0 amide bonds. The van der Waals surface area contributed by atoms with Gasteiger partial charge < -0.3 is 14.6 Å². The van der Waals surface area contributed by atoms with Crippen molar-refractivity contribution in [2.45, 2.75) is 40.3 Å². The Morgan fingerprint density at radius 2 is 1.85 bits per heavy atom. The van der Waals surface area contributed by atoms with Gasteiger partial charge in [0.25, 0.3) is 0 Å². The van der Waals surface area contributed by atoms with E-state index in [4.69, 9.17) is 0 Å². The topological polar surface area (TPSA) is 65.8 Å². The Bertz CT molecular complexity index is 893. The summed E-state index contributed by atoms with van der Waals surface area (Å²) >= 11 is 0. The number of fused-ring (bicyclic) bond motifs is 1. The largest absolute Gasteiger partial charge is 0.477 e. The molecule has 1 aliphatic heterocycles. The molecule has 140 valence electrons. The molecule has 2 aromatic rings. The van der Waals surface area contributed by atoms with Gasteiger partial charge in [-0.05, 0) is 45.4 Å². The number of benzene rings is 1. The number of carboxylic acids is 1. The third-order valence-electron chi connectivity index (χ3n) is 5.35. The first kappa shape index (κ1) is 18.5. The second-order valence-corrected chi connectivity index (χ2v) is 7.24. The predicted molar refractivity (Wildman–Crippen MR) is 105 cm³/mol. The van der Waals surface area contributed by atoms with E-state index in [-0.39, 0.29) is 5.56 Å². The third kappa shape index (κ3) is 3.21. The molecule has 1 fully saturated rings. The van der Waals surface area contributed by atoms with Crippen LogP contribution in [0.15, 0.2) is 23.1 Å². The maximum atomic E-state index is 12.6. The Kier molecular flexibility index (Phi) is 5.05. The first-order chi connectivity index (χ1) is 12.3. The Morgan fingerprint density at radius 3 is 2.38 bits per heavy atom. The van der Waals surface area contributed by atoms with Gasteiger partial charge >= 0.3 is 5.97 Å². The highest BCUT2D eigenvalue weighted by Crippen LogP contribution is 2.27. The van der Waals surface area contributed by atoms with Crippen LogP contribution < -0.4 is 10.3 Å². The van der Waals surface area contributed by atoms with Crippen LogP contribution in [0, 0.1) is 6.92 Å². The number of hydrogen-bond donors (Lipinski definition) is 1. The molecule has 0 aliphatic carbocycles. The lowest BCUT2D eigenvalue weighted by Gasteiger charge is -2.38. The summed E-state index contributed by atoms with van der Waals surface area (Å²) in [6.07, 6.45) is 1.46. The molecule has 0 saturated carbocycles. The fourth-order valence-corrected chi connectivity index (χ4v) is 3.77. The van der Waals surface area contributed by atoms with Gasteiger partial charge in [0.15, 0.2) is 0 Å². The molecular formula is C20H27N3O3. The maximum absolute atomic E-state index is 12.6. The van der Waals surface area contributed by atoms with Crippen LogP contribution in [0.25, 0.3) is 10.9 Å². The Balaban J connectivity index is 2.07. The Labute approximate surface area is 153 Å². The predicted octanol–water partition coefficient (Wildman–Crippen LogP) is 2.56. The summed E-state index contributed by atoms with van der Waals surface area (Å²) in [5.74, 6) is -1.18. The molecule has 1 saturated heterocycles. The van der Waals surface area contributed by atoms with Crippen LogP contribution in [0.1, 0.15) is 36.7 Å². The van der Waals surface area contributed by atoms with Gasteiger partial charge in [-0.15, -0.1) is 0 Å². The van der Waals surface area contributed by atoms with Crippen molar-refractivity contribution in [2.75, 3.05) is 31.1 Å². The molecule has 0 bridgehead atoms. The SMILES string of the molecule is CCn1cc(C(=O)O)c(=O)c2cc(C)c(N3CCN(C(C)C)CC3)cc21. The molecule has 3 rings (SSSR count).